The van der Waals surface area contributed by atoms with Gasteiger partial charge in [-0.2, -0.15) is 0 Å². The summed E-state index contributed by atoms with van der Waals surface area (Å²) in [4.78, 5) is 11.9. The lowest BCUT2D eigenvalue weighted by Gasteiger charge is -2.21. The van der Waals surface area contributed by atoms with E-state index in [4.69, 9.17) is 5.11 Å². The van der Waals surface area contributed by atoms with Crippen molar-refractivity contribution < 1.29 is 9.90 Å². The number of hydrogen-bond donors (Lipinski definition) is 2. The van der Waals surface area contributed by atoms with E-state index in [0.29, 0.717) is 12.8 Å². The maximum atomic E-state index is 11.9. The minimum absolute atomic E-state index is 0.116. The van der Waals surface area contributed by atoms with Crippen LogP contribution in [0.3, 0.4) is 0 Å². The molecule has 0 unspecified atom stereocenters. The van der Waals surface area contributed by atoms with Crippen LogP contribution in [0.2, 0.25) is 0 Å². The van der Waals surface area contributed by atoms with E-state index in [1.165, 1.54) is 32.1 Å². The molecule has 0 atom stereocenters. The topological polar surface area (TPSA) is 49.3 Å². The number of anilines is 1. The fourth-order valence-electron chi connectivity index (χ4n) is 2.92. The molecular formula is C17H25NO2. The van der Waals surface area contributed by atoms with E-state index in [1.807, 2.05) is 24.3 Å². The lowest BCUT2D eigenvalue weighted by Crippen LogP contribution is -2.14. The van der Waals surface area contributed by atoms with Crippen molar-refractivity contribution in [2.45, 2.75) is 51.4 Å². The number of amides is 1. The zero-order valence-corrected chi connectivity index (χ0v) is 12.1. The van der Waals surface area contributed by atoms with E-state index in [-0.39, 0.29) is 12.5 Å². The van der Waals surface area contributed by atoms with Gasteiger partial charge in [0, 0.05) is 18.7 Å². The maximum Gasteiger partial charge on any atom is 0.224 e. The first-order valence-electron chi connectivity index (χ1n) is 7.77. The van der Waals surface area contributed by atoms with Crippen molar-refractivity contribution in [2.75, 3.05) is 11.9 Å². The summed E-state index contributed by atoms with van der Waals surface area (Å²) in [7, 11) is 0. The summed E-state index contributed by atoms with van der Waals surface area (Å²) in [6.45, 7) is 0.160. The fourth-order valence-corrected chi connectivity index (χ4v) is 2.92. The summed E-state index contributed by atoms with van der Waals surface area (Å²) in [5.41, 5.74) is 1.94. The Morgan fingerprint density at radius 2 is 1.85 bits per heavy atom. The number of aliphatic hydroxyl groups is 1. The Morgan fingerprint density at radius 1 is 1.15 bits per heavy atom. The summed E-state index contributed by atoms with van der Waals surface area (Å²) in [5.74, 6) is 0.868. The molecule has 110 valence electrons. The van der Waals surface area contributed by atoms with Gasteiger partial charge >= 0.3 is 0 Å². The Hall–Kier alpha value is -1.35. The smallest absolute Gasteiger partial charge is 0.224 e. The number of benzene rings is 1. The van der Waals surface area contributed by atoms with E-state index in [1.54, 1.807) is 0 Å². The average molecular weight is 275 g/mol. The van der Waals surface area contributed by atoms with Crippen LogP contribution in [0.15, 0.2) is 24.3 Å². The molecule has 2 rings (SSSR count). The summed E-state index contributed by atoms with van der Waals surface area (Å²) in [6, 6.07) is 7.72. The molecular weight excluding hydrogens is 250 g/mol. The number of carbonyl (C=O) groups is 1. The van der Waals surface area contributed by atoms with Gasteiger partial charge in [-0.3, -0.25) is 4.79 Å². The molecule has 0 spiro atoms. The van der Waals surface area contributed by atoms with Crippen LogP contribution in [0.25, 0.3) is 0 Å². The highest BCUT2D eigenvalue weighted by Crippen LogP contribution is 2.27. The second-order valence-corrected chi connectivity index (χ2v) is 5.76. The Kier molecular flexibility index (Phi) is 6.06. The van der Waals surface area contributed by atoms with Crippen molar-refractivity contribution in [1.82, 2.24) is 0 Å². The minimum atomic E-state index is 0.116. The third-order valence-electron chi connectivity index (χ3n) is 4.14. The Balaban J connectivity index is 1.73. The molecule has 3 nitrogen and oxygen atoms in total. The Labute approximate surface area is 121 Å². The third kappa shape index (κ3) is 4.97. The van der Waals surface area contributed by atoms with Crippen LogP contribution in [0, 0.1) is 5.92 Å². The first kappa shape index (κ1) is 15.0. The summed E-state index contributed by atoms with van der Waals surface area (Å²) < 4.78 is 0. The van der Waals surface area contributed by atoms with Crippen LogP contribution < -0.4 is 5.32 Å². The van der Waals surface area contributed by atoms with Gasteiger partial charge in [0.15, 0.2) is 0 Å². The van der Waals surface area contributed by atoms with Crippen molar-refractivity contribution >= 4 is 11.6 Å². The molecule has 0 bridgehead atoms. The van der Waals surface area contributed by atoms with Gasteiger partial charge in [0.2, 0.25) is 5.91 Å². The highest BCUT2D eigenvalue weighted by molar-refractivity contribution is 5.90. The predicted molar refractivity (Wildman–Crippen MR) is 81.7 cm³/mol. The lowest BCUT2D eigenvalue weighted by atomic mass is 9.86. The van der Waals surface area contributed by atoms with Crippen molar-refractivity contribution in [1.29, 1.82) is 0 Å². The molecule has 0 aromatic heterocycles. The minimum Gasteiger partial charge on any atom is -0.396 e. The third-order valence-corrected chi connectivity index (χ3v) is 4.14. The van der Waals surface area contributed by atoms with Crippen LogP contribution in [-0.4, -0.2) is 17.6 Å². The van der Waals surface area contributed by atoms with Gasteiger partial charge in [-0.1, -0.05) is 44.2 Å². The first-order valence-corrected chi connectivity index (χ1v) is 7.77. The van der Waals surface area contributed by atoms with Gasteiger partial charge in [0.1, 0.15) is 0 Å². The molecule has 2 N–H and O–H groups in total. The quantitative estimate of drug-likeness (QED) is 0.834. The van der Waals surface area contributed by atoms with Crippen LogP contribution >= 0.6 is 0 Å². The first-order chi connectivity index (χ1) is 9.78. The largest absolute Gasteiger partial charge is 0.396 e. The number of carbonyl (C=O) groups excluding carboxylic acids is 1. The zero-order chi connectivity index (χ0) is 14.2. The van der Waals surface area contributed by atoms with Gasteiger partial charge in [-0.15, -0.1) is 0 Å². The highest BCUT2D eigenvalue weighted by atomic mass is 16.2. The maximum absolute atomic E-state index is 11.9. The fraction of sp³-hybridized carbons (Fsp3) is 0.588. The Morgan fingerprint density at radius 3 is 2.50 bits per heavy atom. The molecule has 0 saturated heterocycles. The van der Waals surface area contributed by atoms with Crippen LogP contribution in [0.1, 0.15) is 50.5 Å². The van der Waals surface area contributed by atoms with E-state index >= 15 is 0 Å². The monoisotopic (exact) mass is 275 g/mol. The van der Waals surface area contributed by atoms with Crippen molar-refractivity contribution in [3.05, 3.63) is 29.8 Å². The molecule has 1 aromatic rings. The number of hydrogen-bond acceptors (Lipinski definition) is 2. The molecule has 3 heteroatoms. The zero-order valence-electron chi connectivity index (χ0n) is 12.1. The molecule has 0 aliphatic heterocycles. The molecule has 1 fully saturated rings. The molecule has 1 aromatic carbocycles. The SMILES string of the molecule is O=C(CCC1CCCCC1)Nc1ccc(CCO)cc1. The van der Waals surface area contributed by atoms with Gasteiger partial charge < -0.3 is 10.4 Å². The molecule has 1 aliphatic carbocycles. The standard InChI is InChI=1S/C17H25NO2/c19-13-12-15-6-9-16(10-7-15)18-17(20)11-8-14-4-2-1-3-5-14/h6-7,9-10,14,19H,1-5,8,11-13H2,(H,18,20). The van der Waals surface area contributed by atoms with Crippen LogP contribution in [0.5, 0.6) is 0 Å². The molecule has 20 heavy (non-hydrogen) atoms. The van der Waals surface area contributed by atoms with Gasteiger partial charge in [-0.05, 0) is 36.5 Å². The predicted octanol–water partition coefficient (Wildman–Crippen LogP) is 3.52. The van der Waals surface area contributed by atoms with Crippen molar-refractivity contribution in [2.24, 2.45) is 5.92 Å². The van der Waals surface area contributed by atoms with Crippen molar-refractivity contribution in [3.63, 3.8) is 0 Å². The van der Waals surface area contributed by atoms with Crippen LogP contribution in [-0.2, 0) is 11.2 Å². The second kappa shape index (κ2) is 8.05. The molecule has 1 amide bonds. The second-order valence-electron chi connectivity index (χ2n) is 5.76. The van der Waals surface area contributed by atoms with Gasteiger partial charge in [0.25, 0.3) is 0 Å². The van der Waals surface area contributed by atoms with E-state index in [0.717, 1.165) is 23.6 Å². The summed E-state index contributed by atoms with van der Waals surface area (Å²) in [5, 5.41) is 11.8. The average Bonchev–Trinajstić information content (AvgIpc) is 2.49. The van der Waals surface area contributed by atoms with Crippen molar-refractivity contribution in [3.8, 4) is 0 Å². The van der Waals surface area contributed by atoms with Gasteiger partial charge in [0.05, 0.1) is 0 Å². The van der Waals surface area contributed by atoms with E-state index in [9.17, 15) is 4.79 Å². The Bertz CT molecular complexity index is 408. The normalized spacial score (nSPS) is 16.1. The highest BCUT2D eigenvalue weighted by Gasteiger charge is 2.14. The molecule has 1 aliphatic rings. The lowest BCUT2D eigenvalue weighted by molar-refractivity contribution is -0.116. The summed E-state index contributed by atoms with van der Waals surface area (Å²) >= 11 is 0. The molecule has 0 heterocycles. The molecule has 1 saturated carbocycles. The van der Waals surface area contributed by atoms with Crippen LogP contribution in [0.4, 0.5) is 5.69 Å². The number of rotatable bonds is 6. The summed E-state index contributed by atoms with van der Waals surface area (Å²) in [6.07, 6.45) is 8.93. The number of aliphatic hydroxyl groups excluding tert-OH is 1. The molecule has 0 radical (unpaired) electrons. The van der Waals surface area contributed by atoms with E-state index in [2.05, 4.69) is 5.32 Å². The number of nitrogens with one attached hydrogen (secondary N) is 1. The van der Waals surface area contributed by atoms with Gasteiger partial charge in [-0.25, -0.2) is 0 Å². The van der Waals surface area contributed by atoms with E-state index < -0.39 is 0 Å².